The highest BCUT2D eigenvalue weighted by Crippen LogP contribution is 2.29. The van der Waals surface area contributed by atoms with Crippen molar-refractivity contribution < 1.29 is 8.81 Å². The number of rotatable bonds is 2. The fourth-order valence-electron chi connectivity index (χ4n) is 1.83. The first-order chi connectivity index (χ1) is 9.15. The molecule has 0 unspecified atom stereocenters. The fourth-order valence-corrected chi connectivity index (χ4v) is 1.83. The minimum Gasteiger partial charge on any atom is -0.453 e. The van der Waals surface area contributed by atoms with E-state index in [0.29, 0.717) is 28.5 Å². The molecule has 0 aliphatic carbocycles. The first kappa shape index (κ1) is 11.5. The molecule has 3 N–H and O–H groups in total. The third kappa shape index (κ3) is 1.97. The maximum atomic E-state index is 14.0. The normalized spacial score (nSPS) is 10.8. The molecule has 3 aromatic rings. The molecule has 6 heteroatoms. The molecular weight excluding hydrogens is 247 g/mol. The smallest absolute Gasteiger partial charge is 0.239 e. The SMILES string of the molecule is Cc1cccc(-c2ccc(-c3nc(N)n[nH]3)o2)c1F. The number of aryl methyl sites for hydroxylation is 1. The summed E-state index contributed by atoms with van der Waals surface area (Å²) < 4.78 is 19.6. The molecule has 96 valence electrons. The van der Waals surface area contributed by atoms with E-state index in [1.165, 1.54) is 0 Å². The molecule has 0 saturated carbocycles. The van der Waals surface area contributed by atoms with Gasteiger partial charge in [0.2, 0.25) is 5.95 Å². The number of nitrogens with zero attached hydrogens (tertiary/aromatic N) is 2. The zero-order valence-electron chi connectivity index (χ0n) is 10.1. The summed E-state index contributed by atoms with van der Waals surface area (Å²) in [6.45, 7) is 1.71. The van der Waals surface area contributed by atoms with Gasteiger partial charge in [0, 0.05) is 0 Å². The Morgan fingerprint density at radius 3 is 2.74 bits per heavy atom. The van der Waals surface area contributed by atoms with Crippen LogP contribution in [0, 0.1) is 12.7 Å². The van der Waals surface area contributed by atoms with Gasteiger partial charge in [0.05, 0.1) is 5.56 Å². The summed E-state index contributed by atoms with van der Waals surface area (Å²) in [5.41, 5.74) is 6.41. The monoisotopic (exact) mass is 258 g/mol. The summed E-state index contributed by atoms with van der Waals surface area (Å²) >= 11 is 0. The van der Waals surface area contributed by atoms with Crippen LogP contribution in [0.15, 0.2) is 34.7 Å². The van der Waals surface area contributed by atoms with Crippen LogP contribution < -0.4 is 5.73 Å². The fraction of sp³-hybridized carbons (Fsp3) is 0.0769. The van der Waals surface area contributed by atoms with Crippen molar-refractivity contribution in [3.63, 3.8) is 0 Å². The first-order valence-corrected chi connectivity index (χ1v) is 5.69. The molecule has 0 atom stereocenters. The van der Waals surface area contributed by atoms with Crippen molar-refractivity contribution in [1.29, 1.82) is 0 Å². The molecule has 0 aliphatic rings. The molecule has 2 heterocycles. The molecule has 3 rings (SSSR count). The summed E-state index contributed by atoms with van der Waals surface area (Å²) in [4.78, 5) is 3.95. The number of nitrogen functional groups attached to an aromatic ring is 1. The average molecular weight is 258 g/mol. The second-order valence-electron chi connectivity index (χ2n) is 4.14. The van der Waals surface area contributed by atoms with Crippen molar-refractivity contribution in [2.24, 2.45) is 0 Å². The van der Waals surface area contributed by atoms with Crippen LogP contribution in [0.2, 0.25) is 0 Å². The number of aromatic nitrogens is 3. The Bertz CT molecular complexity index is 732. The Labute approximate surface area is 108 Å². The van der Waals surface area contributed by atoms with E-state index in [4.69, 9.17) is 10.2 Å². The van der Waals surface area contributed by atoms with Gasteiger partial charge in [0.1, 0.15) is 11.6 Å². The molecule has 0 fully saturated rings. The summed E-state index contributed by atoms with van der Waals surface area (Å²) in [5.74, 6) is 1.15. The molecule has 0 radical (unpaired) electrons. The maximum Gasteiger partial charge on any atom is 0.239 e. The largest absolute Gasteiger partial charge is 0.453 e. The highest BCUT2D eigenvalue weighted by molar-refractivity contribution is 5.63. The third-order valence-corrected chi connectivity index (χ3v) is 2.80. The Balaban J connectivity index is 2.04. The highest BCUT2D eigenvalue weighted by atomic mass is 19.1. The Kier molecular flexibility index (Phi) is 2.56. The summed E-state index contributed by atoms with van der Waals surface area (Å²) in [7, 11) is 0. The molecule has 2 aromatic heterocycles. The maximum absolute atomic E-state index is 14.0. The lowest BCUT2D eigenvalue weighted by atomic mass is 10.1. The van der Waals surface area contributed by atoms with E-state index in [9.17, 15) is 4.39 Å². The van der Waals surface area contributed by atoms with Gasteiger partial charge in [0.25, 0.3) is 0 Å². The van der Waals surface area contributed by atoms with Crippen molar-refractivity contribution in [2.45, 2.75) is 6.92 Å². The lowest BCUT2D eigenvalue weighted by molar-refractivity contribution is 0.575. The summed E-state index contributed by atoms with van der Waals surface area (Å²) in [5, 5.41) is 6.35. The third-order valence-electron chi connectivity index (χ3n) is 2.80. The predicted molar refractivity (Wildman–Crippen MR) is 68.6 cm³/mol. The van der Waals surface area contributed by atoms with Crippen LogP contribution in [0.4, 0.5) is 10.3 Å². The van der Waals surface area contributed by atoms with Gasteiger partial charge in [-0.2, -0.15) is 4.98 Å². The molecular formula is C13H11FN4O. The molecule has 0 spiro atoms. The van der Waals surface area contributed by atoms with Crippen molar-refractivity contribution >= 4 is 5.95 Å². The topological polar surface area (TPSA) is 80.7 Å². The van der Waals surface area contributed by atoms with Crippen molar-refractivity contribution in [2.75, 3.05) is 5.73 Å². The molecule has 0 saturated heterocycles. The molecule has 0 bridgehead atoms. The second-order valence-corrected chi connectivity index (χ2v) is 4.14. The van der Waals surface area contributed by atoms with Crippen LogP contribution in [-0.2, 0) is 0 Å². The van der Waals surface area contributed by atoms with Crippen molar-refractivity contribution in [3.05, 3.63) is 41.7 Å². The quantitative estimate of drug-likeness (QED) is 0.740. The lowest BCUT2D eigenvalue weighted by Gasteiger charge is -2.01. The number of nitrogens with one attached hydrogen (secondary N) is 1. The zero-order valence-corrected chi connectivity index (χ0v) is 10.1. The van der Waals surface area contributed by atoms with Crippen LogP contribution in [0.1, 0.15) is 5.56 Å². The van der Waals surface area contributed by atoms with Gasteiger partial charge < -0.3 is 10.2 Å². The number of H-pyrrole nitrogens is 1. The number of hydrogen-bond acceptors (Lipinski definition) is 4. The minimum atomic E-state index is -0.291. The Morgan fingerprint density at radius 1 is 1.21 bits per heavy atom. The number of aromatic amines is 1. The Morgan fingerprint density at radius 2 is 2.00 bits per heavy atom. The average Bonchev–Trinajstić information content (AvgIpc) is 3.01. The van der Waals surface area contributed by atoms with Gasteiger partial charge in [-0.25, -0.2) is 4.39 Å². The predicted octanol–water partition coefficient (Wildman–Crippen LogP) is 2.76. The van der Waals surface area contributed by atoms with Crippen LogP contribution in [-0.4, -0.2) is 15.2 Å². The molecule has 0 amide bonds. The second kappa shape index (κ2) is 4.24. The van der Waals surface area contributed by atoms with Gasteiger partial charge in [-0.1, -0.05) is 12.1 Å². The molecule has 19 heavy (non-hydrogen) atoms. The first-order valence-electron chi connectivity index (χ1n) is 5.69. The lowest BCUT2D eigenvalue weighted by Crippen LogP contribution is -1.86. The number of anilines is 1. The standard InChI is InChI=1S/C13H11FN4O/c1-7-3-2-4-8(11(7)14)9-5-6-10(19-9)12-16-13(15)18-17-12/h2-6H,1H3,(H3,15,16,17,18). The Hall–Kier alpha value is -2.63. The van der Waals surface area contributed by atoms with Gasteiger partial charge in [0.15, 0.2) is 11.6 Å². The zero-order chi connectivity index (χ0) is 13.4. The van der Waals surface area contributed by atoms with Crippen molar-refractivity contribution in [3.8, 4) is 22.9 Å². The summed E-state index contributed by atoms with van der Waals surface area (Å²) in [6.07, 6.45) is 0. The molecule has 0 aliphatic heterocycles. The number of nitrogens with two attached hydrogens (primary N) is 1. The van der Waals surface area contributed by atoms with E-state index in [1.54, 1.807) is 37.3 Å². The molecule has 5 nitrogen and oxygen atoms in total. The number of halogens is 1. The number of furan rings is 1. The number of benzene rings is 1. The van der Waals surface area contributed by atoms with Gasteiger partial charge in [-0.05, 0) is 30.7 Å². The van der Waals surface area contributed by atoms with E-state index in [2.05, 4.69) is 15.2 Å². The number of hydrogen-bond donors (Lipinski definition) is 2. The molecule has 1 aromatic carbocycles. The minimum absolute atomic E-state index is 0.134. The summed E-state index contributed by atoms with van der Waals surface area (Å²) in [6, 6.07) is 8.53. The van der Waals surface area contributed by atoms with Gasteiger partial charge in [-0.3, -0.25) is 5.10 Å². The van der Waals surface area contributed by atoms with E-state index in [-0.39, 0.29) is 11.8 Å². The van der Waals surface area contributed by atoms with Gasteiger partial charge >= 0.3 is 0 Å². The van der Waals surface area contributed by atoms with Crippen LogP contribution in [0.5, 0.6) is 0 Å². The van der Waals surface area contributed by atoms with Gasteiger partial charge in [-0.15, -0.1) is 5.10 Å². The van der Waals surface area contributed by atoms with Crippen LogP contribution in [0.25, 0.3) is 22.9 Å². The highest BCUT2D eigenvalue weighted by Gasteiger charge is 2.13. The van der Waals surface area contributed by atoms with Crippen molar-refractivity contribution in [1.82, 2.24) is 15.2 Å². The van der Waals surface area contributed by atoms with Crippen LogP contribution in [0.3, 0.4) is 0 Å². The van der Waals surface area contributed by atoms with E-state index >= 15 is 0 Å². The van der Waals surface area contributed by atoms with E-state index in [0.717, 1.165) is 0 Å². The van der Waals surface area contributed by atoms with E-state index < -0.39 is 0 Å². The van der Waals surface area contributed by atoms with E-state index in [1.807, 2.05) is 0 Å². The van der Waals surface area contributed by atoms with Crippen LogP contribution >= 0.6 is 0 Å².